The number of carbonyl (C=O) groups excluding carboxylic acids is 1. The van der Waals surface area contributed by atoms with Crippen LogP contribution < -0.4 is 11.1 Å². The Labute approximate surface area is 111 Å². The number of nitrogens with one attached hydrogen (secondary N) is 1. The Balaban J connectivity index is 2.79. The Hall–Kier alpha value is -0.930. The fraction of sp³-hybridized carbons (Fsp3) is 0.417. The van der Waals surface area contributed by atoms with Crippen molar-refractivity contribution < 1.29 is 4.79 Å². The van der Waals surface area contributed by atoms with Gasteiger partial charge in [-0.1, -0.05) is 44.0 Å². The van der Waals surface area contributed by atoms with E-state index in [1.54, 1.807) is 12.1 Å². The van der Waals surface area contributed by atoms with Gasteiger partial charge in [0.05, 0.1) is 15.7 Å². The van der Waals surface area contributed by atoms with E-state index in [9.17, 15) is 4.79 Å². The van der Waals surface area contributed by atoms with Crippen LogP contribution in [-0.2, 0) is 4.79 Å². The third-order valence-electron chi connectivity index (χ3n) is 2.05. The number of nitrogen functional groups attached to an aromatic ring is 1. The first-order valence-electron chi connectivity index (χ1n) is 5.23. The minimum Gasteiger partial charge on any atom is -0.396 e. The second-order valence-electron chi connectivity index (χ2n) is 5.14. The van der Waals surface area contributed by atoms with Crippen LogP contribution in [0.25, 0.3) is 0 Å². The molecular weight excluding hydrogens is 259 g/mol. The summed E-state index contributed by atoms with van der Waals surface area (Å²) in [6.07, 6.45) is 0.423. The molecule has 1 aromatic carbocycles. The van der Waals surface area contributed by atoms with Gasteiger partial charge < -0.3 is 11.1 Å². The van der Waals surface area contributed by atoms with Crippen molar-refractivity contribution in [2.45, 2.75) is 27.2 Å². The molecule has 0 aliphatic heterocycles. The molecule has 0 aliphatic rings. The standard InChI is InChI=1S/C12H16Cl2N2O/c1-12(2,3)6-10(17)16-7-4-8(13)11(15)9(14)5-7/h4-5H,6,15H2,1-3H3,(H,16,17). The minimum absolute atomic E-state index is 0.0640. The highest BCUT2D eigenvalue weighted by Crippen LogP contribution is 2.31. The highest BCUT2D eigenvalue weighted by molar-refractivity contribution is 6.39. The summed E-state index contributed by atoms with van der Waals surface area (Å²) in [6.45, 7) is 5.99. The Morgan fingerprint density at radius 1 is 1.29 bits per heavy atom. The van der Waals surface area contributed by atoms with E-state index >= 15 is 0 Å². The molecule has 3 nitrogen and oxygen atoms in total. The molecule has 0 atom stereocenters. The lowest BCUT2D eigenvalue weighted by atomic mass is 9.92. The van der Waals surface area contributed by atoms with Gasteiger partial charge in [0.25, 0.3) is 0 Å². The molecule has 0 aromatic heterocycles. The average molecular weight is 275 g/mol. The number of halogens is 2. The predicted octanol–water partition coefficient (Wildman–Crippen LogP) is 3.95. The summed E-state index contributed by atoms with van der Waals surface area (Å²) < 4.78 is 0. The molecule has 0 bridgehead atoms. The highest BCUT2D eigenvalue weighted by atomic mass is 35.5. The fourth-order valence-electron chi connectivity index (χ4n) is 1.34. The summed E-state index contributed by atoms with van der Waals surface area (Å²) in [5, 5.41) is 3.42. The molecule has 94 valence electrons. The lowest BCUT2D eigenvalue weighted by Crippen LogP contribution is -2.19. The molecule has 0 heterocycles. The Morgan fingerprint density at radius 2 is 1.76 bits per heavy atom. The zero-order valence-corrected chi connectivity index (χ0v) is 11.6. The lowest BCUT2D eigenvalue weighted by molar-refractivity contribution is -0.117. The predicted molar refractivity (Wildman–Crippen MR) is 73.6 cm³/mol. The SMILES string of the molecule is CC(C)(C)CC(=O)Nc1cc(Cl)c(N)c(Cl)c1. The maximum Gasteiger partial charge on any atom is 0.224 e. The number of hydrogen-bond acceptors (Lipinski definition) is 2. The minimum atomic E-state index is -0.0746. The quantitative estimate of drug-likeness (QED) is 0.803. The van der Waals surface area contributed by atoms with E-state index in [0.29, 0.717) is 27.8 Å². The molecule has 17 heavy (non-hydrogen) atoms. The van der Waals surface area contributed by atoms with Gasteiger partial charge >= 0.3 is 0 Å². The number of nitrogens with two attached hydrogens (primary N) is 1. The van der Waals surface area contributed by atoms with Crippen molar-refractivity contribution in [3.05, 3.63) is 22.2 Å². The zero-order chi connectivity index (χ0) is 13.2. The first-order chi connectivity index (χ1) is 7.69. The van der Waals surface area contributed by atoms with Gasteiger partial charge in [0, 0.05) is 12.1 Å². The molecule has 0 fully saturated rings. The van der Waals surface area contributed by atoms with Crippen LogP contribution in [0.4, 0.5) is 11.4 Å². The molecule has 0 aliphatic carbocycles. The number of rotatable bonds is 2. The van der Waals surface area contributed by atoms with Crippen molar-refractivity contribution in [3.8, 4) is 0 Å². The van der Waals surface area contributed by atoms with Gasteiger partial charge in [-0.05, 0) is 17.5 Å². The molecule has 1 amide bonds. The molecule has 1 rings (SSSR count). The van der Waals surface area contributed by atoms with Crippen LogP contribution in [-0.4, -0.2) is 5.91 Å². The Bertz CT molecular complexity index is 416. The highest BCUT2D eigenvalue weighted by Gasteiger charge is 2.16. The third kappa shape index (κ3) is 4.44. The molecule has 3 N–H and O–H groups in total. The van der Waals surface area contributed by atoms with Gasteiger partial charge in [-0.3, -0.25) is 4.79 Å². The maximum absolute atomic E-state index is 11.7. The summed E-state index contributed by atoms with van der Waals surface area (Å²) in [5.74, 6) is -0.0746. The summed E-state index contributed by atoms with van der Waals surface area (Å²) in [5.41, 5.74) is 6.42. The molecule has 0 radical (unpaired) electrons. The molecule has 0 saturated heterocycles. The maximum atomic E-state index is 11.7. The van der Waals surface area contributed by atoms with Crippen molar-refractivity contribution >= 4 is 40.5 Å². The van der Waals surface area contributed by atoms with Crippen molar-refractivity contribution in [1.82, 2.24) is 0 Å². The second kappa shape index (κ2) is 5.15. The van der Waals surface area contributed by atoms with Crippen molar-refractivity contribution in [1.29, 1.82) is 0 Å². The molecule has 0 unspecified atom stereocenters. The van der Waals surface area contributed by atoms with E-state index in [0.717, 1.165) is 0 Å². The van der Waals surface area contributed by atoms with Crippen molar-refractivity contribution in [3.63, 3.8) is 0 Å². The van der Waals surface area contributed by atoms with Gasteiger partial charge in [0.1, 0.15) is 0 Å². The van der Waals surface area contributed by atoms with Crippen molar-refractivity contribution in [2.24, 2.45) is 5.41 Å². The Kier molecular flexibility index (Phi) is 4.28. The number of hydrogen-bond donors (Lipinski definition) is 2. The van der Waals surface area contributed by atoms with Crippen LogP contribution >= 0.6 is 23.2 Å². The summed E-state index contributed by atoms with van der Waals surface area (Å²) in [7, 11) is 0. The largest absolute Gasteiger partial charge is 0.396 e. The first kappa shape index (κ1) is 14.1. The average Bonchev–Trinajstić information content (AvgIpc) is 2.10. The van der Waals surface area contributed by atoms with E-state index in [1.807, 2.05) is 20.8 Å². The van der Waals surface area contributed by atoms with E-state index in [-0.39, 0.29) is 11.3 Å². The van der Waals surface area contributed by atoms with E-state index in [1.165, 1.54) is 0 Å². The smallest absolute Gasteiger partial charge is 0.224 e. The van der Waals surface area contributed by atoms with Crippen LogP contribution in [0.5, 0.6) is 0 Å². The van der Waals surface area contributed by atoms with Crippen LogP contribution in [0.2, 0.25) is 10.0 Å². The lowest BCUT2D eigenvalue weighted by Gasteiger charge is -2.17. The number of carbonyl (C=O) groups is 1. The molecule has 5 heteroatoms. The van der Waals surface area contributed by atoms with Crippen LogP contribution in [0, 0.1) is 5.41 Å². The summed E-state index contributed by atoms with van der Waals surface area (Å²) in [4.78, 5) is 11.7. The van der Waals surface area contributed by atoms with Crippen LogP contribution in [0.15, 0.2) is 12.1 Å². The van der Waals surface area contributed by atoms with Crippen molar-refractivity contribution in [2.75, 3.05) is 11.1 Å². The van der Waals surface area contributed by atoms with E-state index in [2.05, 4.69) is 5.32 Å². The molecular formula is C12H16Cl2N2O. The number of amides is 1. The van der Waals surface area contributed by atoms with E-state index < -0.39 is 0 Å². The molecule has 0 spiro atoms. The van der Waals surface area contributed by atoms with Gasteiger partial charge in [0.15, 0.2) is 0 Å². The monoisotopic (exact) mass is 274 g/mol. The topological polar surface area (TPSA) is 55.1 Å². The molecule has 0 saturated carbocycles. The zero-order valence-electron chi connectivity index (χ0n) is 10.1. The fourth-order valence-corrected chi connectivity index (χ4v) is 1.83. The van der Waals surface area contributed by atoms with Crippen LogP contribution in [0.3, 0.4) is 0 Å². The molecule has 1 aromatic rings. The summed E-state index contributed by atoms with van der Waals surface area (Å²) in [6, 6.07) is 3.17. The van der Waals surface area contributed by atoms with Crippen LogP contribution in [0.1, 0.15) is 27.2 Å². The number of anilines is 2. The van der Waals surface area contributed by atoms with Gasteiger partial charge in [-0.25, -0.2) is 0 Å². The number of benzene rings is 1. The second-order valence-corrected chi connectivity index (χ2v) is 5.95. The normalized spacial score (nSPS) is 11.4. The van der Waals surface area contributed by atoms with Gasteiger partial charge in [0.2, 0.25) is 5.91 Å². The van der Waals surface area contributed by atoms with Gasteiger partial charge in [-0.2, -0.15) is 0 Å². The van der Waals surface area contributed by atoms with E-state index in [4.69, 9.17) is 28.9 Å². The summed E-state index contributed by atoms with van der Waals surface area (Å²) >= 11 is 11.7. The Morgan fingerprint density at radius 3 is 2.18 bits per heavy atom. The van der Waals surface area contributed by atoms with Gasteiger partial charge in [-0.15, -0.1) is 0 Å². The third-order valence-corrected chi connectivity index (χ3v) is 2.68. The first-order valence-corrected chi connectivity index (χ1v) is 5.99.